The first-order chi connectivity index (χ1) is 24.8. The fourth-order valence-corrected chi connectivity index (χ4v) is 2.13. The third-order valence-electron chi connectivity index (χ3n) is 3.73. The Morgan fingerprint density at radius 1 is 0.235 bits per heavy atom. The van der Waals surface area contributed by atoms with E-state index in [1.165, 1.54) is 25.7 Å². The average molecular weight is 702 g/mol. The molecule has 3 heteroatoms. The topological polar surface area (TPSA) is 78.1 Å². The lowest BCUT2D eigenvalue weighted by Crippen LogP contribution is -1.79. The normalized spacial score (nSPS) is 7.18. The zero-order valence-electron chi connectivity index (χ0n) is 35.6. The molecule has 0 amide bonds. The molecule has 5 rings (SSSR count). The minimum Gasteiger partial charge on any atom is -0.399 e. The van der Waals surface area contributed by atoms with Crippen LogP contribution in [0.2, 0.25) is 0 Å². The summed E-state index contributed by atoms with van der Waals surface area (Å²) in [5, 5.41) is 0. The van der Waals surface area contributed by atoms with Gasteiger partial charge in [-0.15, -0.1) is 0 Å². The molecule has 51 heavy (non-hydrogen) atoms. The van der Waals surface area contributed by atoms with Crippen LogP contribution in [0.1, 0.15) is 123 Å². The summed E-state index contributed by atoms with van der Waals surface area (Å²) in [5.41, 5.74) is 18.5. The molecule has 0 aliphatic heterocycles. The average Bonchev–Trinajstić information content (AvgIpc) is 3.19. The highest BCUT2D eigenvalue weighted by molar-refractivity contribution is 5.37. The molecule has 0 heterocycles. The number of hydrogen-bond donors (Lipinski definition) is 3. The minimum absolute atomic E-state index is 0.822. The molecule has 290 valence electrons. The maximum absolute atomic E-state index is 5.36. The van der Waals surface area contributed by atoms with Gasteiger partial charge in [0.15, 0.2) is 0 Å². The van der Waals surface area contributed by atoms with Gasteiger partial charge in [0.05, 0.1) is 0 Å². The lowest BCUT2D eigenvalue weighted by molar-refractivity contribution is 1.09. The number of nitrogens with two attached hydrogens (primary N) is 3. The summed E-state index contributed by atoms with van der Waals surface area (Å²) in [7, 11) is 0. The van der Waals surface area contributed by atoms with Gasteiger partial charge in [0, 0.05) is 17.1 Å². The van der Waals surface area contributed by atoms with Gasteiger partial charge in [0.2, 0.25) is 0 Å². The van der Waals surface area contributed by atoms with E-state index < -0.39 is 0 Å². The van der Waals surface area contributed by atoms with Gasteiger partial charge in [-0.2, -0.15) is 0 Å². The maximum Gasteiger partial charge on any atom is 0.0313 e. The van der Waals surface area contributed by atoms with Crippen LogP contribution in [0.5, 0.6) is 0 Å². The fourth-order valence-electron chi connectivity index (χ4n) is 2.13. The van der Waals surface area contributed by atoms with Crippen molar-refractivity contribution in [1.82, 2.24) is 0 Å². The first-order valence-electron chi connectivity index (χ1n) is 19.3. The summed E-state index contributed by atoms with van der Waals surface area (Å²) in [4.78, 5) is 0. The maximum atomic E-state index is 5.36. The van der Waals surface area contributed by atoms with E-state index in [0.29, 0.717) is 0 Å². The molecule has 5 aromatic carbocycles. The molecule has 0 aliphatic carbocycles. The van der Waals surface area contributed by atoms with Crippen molar-refractivity contribution in [2.24, 2.45) is 0 Å². The highest BCUT2D eigenvalue weighted by Crippen LogP contribution is 1.97. The molecular weight excluding hydrogens is 619 g/mol. The van der Waals surface area contributed by atoms with Crippen LogP contribution in [0.3, 0.4) is 0 Å². The molecular formula is C48H83N3. The van der Waals surface area contributed by atoms with Crippen LogP contribution in [-0.2, 0) is 0 Å². The minimum atomic E-state index is 0.822. The van der Waals surface area contributed by atoms with E-state index in [9.17, 15) is 0 Å². The Kier molecular flexibility index (Phi) is 86.5. The second-order valence-electron chi connectivity index (χ2n) is 9.37. The highest BCUT2D eigenvalue weighted by Gasteiger charge is 1.73. The predicted octanol–water partition coefficient (Wildman–Crippen LogP) is 15.9. The molecule has 0 spiro atoms. The van der Waals surface area contributed by atoms with Crippen molar-refractivity contribution in [3.05, 3.63) is 164 Å². The van der Waals surface area contributed by atoms with Gasteiger partial charge in [0.1, 0.15) is 0 Å². The molecule has 0 saturated carbocycles. The summed E-state index contributed by atoms with van der Waals surface area (Å²) < 4.78 is 0. The van der Waals surface area contributed by atoms with Crippen molar-refractivity contribution in [2.75, 3.05) is 17.2 Å². The van der Waals surface area contributed by atoms with Crippen LogP contribution < -0.4 is 17.2 Å². The molecule has 0 aromatic heterocycles. The van der Waals surface area contributed by atoms with Gasteiger partial charge < -0.3 is 17.2 Å². The van der Waals surface area contributed by atoms with Gasteiger partial charge in [-0.1, -0.05) is 250 Å². The Morgan fingerprint density at radius 3 is 0.373 bits per heavy atom. The van der Waals surface area contributed by atoms with Crippen LogP contribution >= 0.6 is 0 Å². The standard InChI is InChI=1S/3C6H7N.2C6H6.4C3H8.3C2H6/c3*7-6-4-2-1-3-5-6;2*1-2-4-6-5-3-1;4*1-3-2;3*1-2/h3*1-5H,7H2;2*1-6H;4*3H2,1-2H3;3*1-2H3. The Hall–Kier alpha value is -4.50. The zero-order chi connectivity index (χ0) is 40.7. The summed E-state index contributed by atoms with van der Waals surface area (Å²) in [6, 6.07) is 52.5. The van der Waals surface area contributed by atoms with Crippen LogP contribution in [0.25, 0.3) is 0 Å². The van der Waals surface area contributed by atoms with Gasteiger partial charge in [-0.3, -0.25) is 0 Å². The molecule has 0 atom stereocenters. The Labute approximate surface area is 319 Å². The molecule has 0 bridgehead atoms. The number of anilines is 3. The quantitative estimate of drug-likeness (QED) is 0.141. The number of benzene rings is 5. The van der Waals surface area contributed by atoms with Crippen molar-refractivity contribution in [1.29, 1.82) is 0 Å². The van der Waals surface area contributed by atoms with Crippen molar-refractivity contribution < 1.29 is 0 Å². The molecule has 0 saturated heterocycles. The van der Waals surface area contributed by atoms with Gasteiger partial charge >= 0.3 is 0 Å². The summed E-state index contributed by atoms with van der Waals surface area (Å²) in [5.74, 6) is 0. The Balaban J connectivity index is -0.0000000855. The SMILES string of the molecule is CC.CC.CC.CCC.CCC.CCC.CCC.Nc1ccccc1.Nc1ccccc1.Nc1ccccc1.c1ccccc1.c1ccccc1. The predicted molar refractivity (Wildman–Crippen MR) is 243 cm³/mol. The summed E-state index contributed by atoms with van der Waals surface area (Å²) >= 11 is 0. The van der Waals surface area contributed by atoms with E-state index in [4.69, 9.17) is 17.2 Å². The molecule has 0 unspecified atom stereocenters. The van der Waals surface area contributed by atoms with E-state index in [1.807, 2.05) is 205 Å². The molecule has 0 radical (unpaired) electrons. The third kappa shape index (κ3) is 86.8. The summed E-state index contributed by atoms with van der Waals surface area (Å²) in [6.07, 6.45) is 5.00. The van der Waals surface area contributed by atoms with Gasteiger partial charge in [-0.05, 0) is 36.4 Å². The van der Waals surface area contributed by atoms with Crippen LogP contribution in [-0.4, -0.2) is 0 Å². The first-order valence-corrected chi connectivity index (χ1v) is 19.3. The van der Waals surface area contributed by atoms with E-state index >= 15 is 0 Å². The lowest BCUT2D eigenvalue weighted by Gasteiger charge is -1.83. The monoisotopic (exact) mass is 702 g/mol. The zero-order valence-corrected chi connectivity index (χ0v) is 35.6. The third-order valence-corrected chi connectivity index (χ3v) is 3.73. The molecule has 0 aliphatic rings. The van der Waals surface area contributed by atoms with Crippen molar-refractivity contribution in [3.8, 4) is 0 Å². The van der Waals surface area contributed by atoms with Crippen LogP contribution in [0.4, 0.5) is 17.1 Å². The van der Waals surface area contributed by atoms with Crippen molar-refractivity contribution in [3.63, 3.8) is 0 Å². The van der Waals surface area contributed by atoms with E-state index in [-0.39, 0.29) is 0 Å². The molecule has 0 fully saturated rings. The molecule has 6 N–H and O–H groups in total. The second-order valence-corrected chi connectivity index (χ2v) is 9.37. The molecule has 5 aromatic rings. The van der Waals surface area contributed by atoms with Crippen molar-refractivity contribution in [2.45, 2.75) is 123 Å². The number of para-hydroxylation sites is 3. The smallest absolute Gasteiger partial charge is 0.0313 e. The number of nitrogen functional groups attached to an aromatic ring is 3. The number of hydrogen-bond acceptors (Lipinski definition) is 3. The van der Waals surface area contributed by atoms with Crippen LogP contribution in [0.15, 0.2) is 164 Å². The molecule has 3 nitrogen and oxygen atoms in total. The largest absolute Gasteiger partial charge is 0.399 e. The summed E-state index contributed by atoms with van der Waals surface area (Å²) in [6.45, 7) is 29.0. The fraction of sp³-hybridized carbons (Fsp3) is 0.375. The Morgan fingerprint density at radius 2 is 0.314 bits per heavy atom. The van der Waals surface area contributed by atoms with E-state index in [1.54, 1.807) is 0 Å². The van der Waals surface area contributed by atoms with Crippen LogP contribution in [0, 0.1) is 0 Å². The number of rotatable bonds is 0. The lowest BCUT2D eigenvalue weighted by atomic mass is 10.3. The van der Waals surface area contributed by atoms with E-state index in [0.717, 1.165) is 17.1 Å². The second kappa shape index (κ2) is 71.5. The van der Waals surface area contributed by atoms with Crippen molar-refractivity contribution >= 4 is 17.1 Å². The van der Waals surface area contributed by atoms with Gasteiger partial charge in [-0.25, -0.2) is 0 Å². The van der Waals surface area contributed by atoms with Gasteiger partial charge in [0.25, 0.3) is 0 Å². The highest BCUT2D eigenvalue weighted by atomic mass is 14.5. The first kappa shape index (κ1) is 61.7. The van der Waals surface area contributed by atoms with E-state index in [2.05, 4.69) is 55.4 Å². The Bertz CT molecular complexity index is 892.